The summed E-state index contributed by atoms with van der Waals surface area (Å²) >= 11 is 0. The van der Waals surface area contributed by atoms with Crippen LogP contribution in [0.15, 0.2) is 36.7 Å². The lowest BCUT2D eigenvalue weighted by Crippen LogP contribution is -2.29. The number of carbonyl (C=O) groups is 1. The van der Waals surface area contributed by atoms with Crippen molar-refractivity contribution in [2.24, 2.45) is 7.05 Å². The summed E-state index contributed by atoms with van der Waals surface area (Å²) in [7, 11) is 1.78. The molecular formula is C13H13F3N4O. The van der Waals surface area contributed by atoms with Gasteiger partial charge in [0.05, 0.1) is 11.9 Å². The number of halogens is 3. The van der Waals surface area contributed by atoms with Crippen LogP contribution in [0.25, 0.3) is 0 Å². The molecule has 1 amide bonds. The van der Waals surface area contributed by atoms with Gasteiger partial charge in [0.15, 0.2) is 0 Å². The highest BCUT2D eigenvalue weighted by atomic mass is 19.4. The summed E-state index contributed by atoms with van der Waals surface area (Å²) in [5, 5.41) is 8.88. The van der Waals surface area contributed by atoms with E-state index < -0.39 is 12.1 Å². The topological polar surface area (TPSA) is 59.0 Å². The van der Waals surface area contributed by atoms with Crippen LogP contribution in [0, 0.1) is 0 Å². The summed E-state index contributed by atoms with van der Waals surface area (Å²) in [6, 6.07) is 6.20. The number of amides is 1. The summed E-state index contributed by atoms with van der Waals surface area (Å²) in [5.41, 5.74) is 1.63. The van der Waals surface area contributed by atoms with E-state index in [-0.39, 0.29) is 5.69 Å². The van der Waals surface area contributed by atoms with Gasteiger partial charge < -0.3 is 10.6 Å². The van der Waals surface area contributed by atoms with Crippen LogP contribution in [-0.4, -0.2) is 21.9 Å². The summed E-state index contributed by atoms with van der Waals surface area (Å²) in [6.07, 6.45) is -1.49. The van der Waals surface area contributed by atoms with E-state index in [0.29, 0.717) is 6.54 Å². The predicted octanol–water partition coefficient (Wildman–Crippen LogP) is 2.53. The number of aryl methyl sites for hydroxylation is 1. The van der Waals surface area contributed by atoms with E-state index in [1.54, 1.807) is 36.3 Å². The minimum Gasteiger partial charge on any atom is -0.378 e. The quantitative estimate of drug-likeness (QED) is 0.912. The summed E-state index contributed by atoms with van der Waals surface area (Å²) in [4.78, 5) is 10.9. The Hall–Kier alpha value is -2.51. The number of hydrogen-bond donors (Lipinski definition) is 2. The molecule has 0 saturated heterocycles. The van der Waals surface area contributed by atoms with Crippen LogP contribution in [0.2, 0.25) is 0 Å². The Kier molecular flexibility index (Phi) is 4.15. The zero-order valence-corrected chi connectivity index (χ0v) is 11.1. The Labute approximate surface area is 118 Å². The molecule has 2 N–H and O–H groups in total. The molecule has 21 heavy (non-hydrogen) atoms. The number of alkyl halides is 3. The lowest BCUT2D eigenvalue weighted by atomic mass is 10.2. The maximum absolute atomic E-state index is 12.2. The van der Waals surface area contributed by atoms with Gasteiger partial charge in [-0.2, -0.15) is 18.3 Å². The maximum Gasteiger partial charge on any atom is 0.471 e. The SMILES string of the molecule is Cn1cc(NCc2cccc(NC(=O)C(F)(F)F)c2)cn1. The van der Waals surface area contributed by atoms with Crippen molar-refractivity contribution < 1.29 is 18.0 Å². The minimum atomic E-state index is -4.90. The van der Waals surface area contributed by atoms with E-state index >= 15 is 0 Å². The molecule has 1 aromatic carbocycles. The first-order valence-electron chi connectivity index (χ1n) is 6.04. The van der Waals surface area contributed by atoms with Gasteiger partial charge in [-0.1, -0.05) is 12.1 Å². The fourth-order valence-corrected chi connectivity index (χ4v) is 1.68. The molecule has 0 bridgehead atoms. The summed E-state index contributed by atoms with van der Waals surface area (Å²) in [6.45, 7) is 0.404. The molecule has 0 aliphatic rings. The third-order valence-corrected chi connectivity index (χ3v) is 2.64. The lowest BCUT2D eigenvalue weighted by molar-refractivity contribution is -0.167. The van der Waals surface area contributed by atoms with Gasteiger partial charge in [-0.25, -0.2) is 0 Å². The molecule has 0 saturated carbocycles. The molecule has 1 heterocycles. The molecule has 0 unspecified atom stereocenters. The third kappa shape index (κ3) is 4.23. The van der Waals surface area contributed by atoms with Crippen molar-refractivity contribution >= 4 is 17.3 Å². The molecule has 0 aliphatic heterocycles. The Balaban J connectivity index is 1.99. The van der Waals surface area contributed by atoms with E-state index in [1.807, 2.05) is 5.32 Å². The standard InChI is InChI=1S/C13H13F3N4O/c1-20-8-11(7-18-20)17-6-9-3-2-4-10(5-9)19-12(21)13(14,15)16/h2-5,7-8,17H,6H2,1H3,(H,19,21). The van der Waals surface area contributed by atoms with Crippen LogP contribution in [-0.2, 0) is 18.4 Å². The number of anilines is 2. The van der Waals surface area contributed by atoms with Crippen LogP contribution in [0.3, 0.4) is 0 Å². The van der Waals surface area contributed by atoms with Gasteiger partial charge in [-0.3, -0.25) is 9.48 Å². The van der Waals surface area contributed by atoms with Crippen molar-refractivity contribution in [1.29, 1.82) is 0 Å². The second kappa shape index (κ2) is 5.86. The van der Waals surface area contributed by atoms with Crippen LogP contribution in [0.4, 0.5) is 24.5 Å². The van der Waals surface area contributed by atoms with Crippen LogP contribution in [0.1, 0.15) is 5.56 Å². The number of rotatable bonds is 4. The van der Waals surface area contributed by atoms with Crippen molar-refractivity contribution in [2.45, 2.75) is 12.7 Å². The van der Waals surface area contributed by atoms with Crippen molar-refractivity contribution in [3.05, 3.63) is 42.2 Å². The Morgan fingerprint density at radius 2 is 2.10 bits per heavy atom. The number of aromatic nitrogens is 2. The van der Waals surface area contributed by atoms with Gasteiger partial charge in [-0.15, -0.1) is 0 Å². The average molecular weight is 298 g/mol. The molecular weight excluding hydrogens is 285 g/mol. The molecule has 0 atom stereocenters. The number of hydrogen-bond acceptors (Lipinski definition) is 3. The second-order valence-electron chi connectivity index (χ2n) is 4.41. The van der Waals surface area contributed by atoms with Gasteiger partial charge in [0.1, 0.15) is 0 Å². The van der Waals surface area contributed by atoms with E-state index in [1.165, 1.54) is 12.1 Å². The van der Waals surface area contributed by atoms with Gasteiger partial charge in [0, 0.05) is 25.5 Å². The number of nitrogens with zero attached hydrogens (tertiary/aromatic N) is 2. The molecule has 5 nitrogen and oxygen atoms in total. The van der Waals surface area contributed by atoms with E-state index in [0.717, 1.165) is 11.3 Å². The minimum absolute atomic E-state index is 0.0998. The largest absolute Gasteiger partial charge is 0.471 e. The Morgan fingerprint density at radius 1 is 1.33 bits per heavy atom. The highest BCUT2D eigenvalue weighted by molar-refractivity contribution is 5.94. The first-order valence-corrected chi connectivity index (χ1v) is 6.04. The molecule has 1 aromatic heterocycles. The highest BCUT2D eigenvalue weighted by Crippen LogP contribution is 2.19. The van der Waals surface area contributed by atoms with Crippen molar-refractivity contribution in [1.82, 2.24) is 9.78 Å². The van der Waals surface area contributed by atoms with Gasteiger partial charge in [0.2, 0.25) is 0 Å². The molecule has 8 heteroatoms. The molecule has 112 valence electrons. The van der Waals surface area contributed by atoms with Crippen LogP contribution in [0.5, 0.6) is 0 Å². The Bertz CT molecular complexity index is 636. The van der Waals surface area contributed by atoms with Crippen molar-refractivity contribution in [2.75, 3.05) is 10.6 Å². The normalized spacial score (nSPS) is 11.2. The zero-order chi connectivity index (χ0) is 15.5. The summed E-state index contributed by atoms with van der Waals surface area (Å²) < 4.78 is 38.1. The van der Waals surface area contributed by atoms with Crippen LogP contribution >= 0.6 is 0 Å². The van der Waals surface area contributed by atoms with E-state index in [9.17, 15) is 18.0 Å². The number of nitrogens with one attached hydrogen (secondary N) is 2. The van der Waals surface area contributed by atoms with Gasteiger partial charge >= 0.3 is 12.1 Å². The fraction of sp³-hybridized carbons (Fsp3) is 0.231. The third-order valence-electron chi connectivity index (χ3n) is 2.64. The number of carbonyl (C=O) groups excluding carboxylic acids is 1. The van der Waals surface area contributed by atoms with E-state index in [2.05, 4.69) is 10.4 Å². The predicted molar refractivity (Wildman–Crippen MR) is 71.7 cm³/mol. The lowest BCUT2D eigenvalue weighted by Gasteiger charge is -2.09. The van der Waals surface area contributed by atoms with Crippen molar-refractivity contribution in [3.8, 4) is 0 Å². The number of benzene rings is 1. The fourth-order valence-electron chi connectivity index (χ4n) is 1.68. The van der Waals surface area contributed by atoms with E-state index in [4.69, 9.17) is 0 Å². The second-order valence-corrected chi connectivity index (χ2v) is 4.41. The zero-order valence-electron chi connectivity index (χ0n) is 11.1. The molecule has 0 fully saturated rings. The summed E-state index contributed by atoms with van der Waals surface area (Å²) in [5.74, 6) is -1.99. The molecule has 0 aliphatic carbocycles. The van der Waals surface area contributed by atoms with Crippen LogP contribution < -0.4 is 10.6 Å². The van der Waals surface area contributed by atoms with Crippen molar-refractivity contribution in [3.63, 3.8) is 0 Å². The monoisotopic (exact) mass is 298 g/mol. The molecule has 2 rings (SSSR count). The van der Waals surface area contributed by atoms with Gasteiger partial charge in [-0.05, 0) is 17.7 Å². The molecule has 0 spiro atoms. The first kappa shape index (κ1) is 14.9. The Morgan fingerprint density at radius 3 is 2.71 bits per heavy atom. The highest BCUT2D eigenvalue weighted by Gasteiger charge is 2.38. The molecule has 0 radical (unpaired) electrons. The van der Waals surface area contributed by atoms with Gasteiger partial charge in [0.25, 0.3) is 0 Å². The first-order chi connectivity index (χ1) is 9.84. The average Bonchev–Trinajstić information content (AvgIpc) is 2.82. The molecule has 2 aromatic rings. The smallest absolute Gasteiger partial charge is 0.378 e. The maximum atomic E-state index is 12.2.